The van der Waals surface area contributed by atoms with Gasteiger partial charge in [0, 0.05) is 16.6 Å². The zero-order valence-electron chi connectivity index (χ0n) is 10.6. The first kappa shape index (κ1) is 14.4. The molecular weight excluding hydrogens is 323 g/mol. The Balaban J connectivity index is 2.09. The van der Waals surface area contributed by atoms with E-state index in [1.165, 1.54) is 6.07 Å². The molecule has 20 heavy (non-hydrogen) atoms. The smallest absolute Gasteiger partial charge is 0.174 e. The minimum absolute atomic E-state index is 0.0103. The average Bonchev–Trinajstić information content (AvgIpc) is 2.45. The van der Waals surface area contributed by atoms with E-state index in [0.29, 0.717) is 22.5 Å². The first-order chi connectivity index (χ1) is 9.70. The molecule has 0 spiro atoms. The first-order valence-electron chi connectivity index (χ1n) is 5.97. The Morgan fingerprint density at radius 1 is 1.25 bits per heavy atom. The van der Waals surface area contributed by atoms with Crippen LogP contribution in [-0.2, 0) is 6.54 Å². The molecule has 0 saturated carbocycles. The van der Waals surface area contributed by atoms with E-state index >= 15 is 0 Å². The van der Waals surface area contributed by atoms with Crippen LogP contribution in [0.2, 0.25) is 0 Å². The van der Waals surface area contributed by atoms with Crippen molar-refractivity contribution < 1.29 is 9.13 Å². The molecule has 102 valence electrons. The van der Waals surface area contributed by atoms with Crippen molar-refractivity contribution in [3.05, 3.63) is 58.3 Å². The van der Waals surface area contributed by atoms with Crippen molar-refractivity contribution in [3.63, 3.8) is 0 Å². The molecule has 0 fully saturated rings. The molecule has 0 aliphatic rings. The lowest BCUT2D eigenvalue weighted by Gasteiger charge is -2.11. The molecule has 1 N–H and O–H groups in total. The maximum Gasteiger partial charge on any atom is 0.174 e. The molecule has 0 bridgehead atoms. The van der Waals surface area contributed by atoms with Crippen LogP contribution in [0.5, 0.6) is 5.75 Å². The van der Waals surface area contributed by atoms with Crippen LogP contribution in [0.4, 0.5) is 10.1 Å². The van der Waals surface area contributed by atoms with Gasteiger partial charge in [0.25, 0.3) is 0 Å². The molecule has 0 atom stereocenters. The maximum atomic E-state index is 13.7. The van der Waals surface area contributed by atoms with Crippen molar-refractivity contribution >= 4 is 21.6 Å². The Bertz CT molecular complexity index is 640. The molecule has 3 nitrogen and oxygen atoms in total. The van der Waals surface area contributed by atoms with Crippen LogP contribution in [0.1, 0.15) is 5.56 Å². The summed E-state index contributed by atoms with van der Waals surface area (Å²) in [4.78, 5) is 0. The standard InChI is InChI=1S/C15H12BrFN2O/c16-12-5-6-14(13(17)9-12)19-10-11-3-1-2-4-15(11)20-8-7-18/h1-6,9,19H,8,10H2. The highest BCUT2D eigenvalue weighted by Crippen LogP contribution is 2.22. The Kier molecular flexibility index (Phi) is 4.97. The number of para-hydroxylation sites is 1. The molecule has 2 rings (SSSR count). The summed E-state index contributed by atoms with van der Waals surface area (Å²) in [6, 6.07) is 14.1. The molecule has 5 heteroatoms. The summed E-state index contributed by atoms with van der Waals surface area (Å²) in [7, 11) is 0. The number of nitrogens with one attached hydrogen (secondary N) is 1. The van der Waals surface area contributed by atoms with E-state index in [9.17, 15) is 4.39 Å². The number of rotatable bonds is 5. The normalized spacial score (nSPS) is 9.85. The molecule has 2 aromatic rings. The van der Waals surface area contributed by atoms with Gasteiger partial charge in [-0.2, -0.15) is 5.26 Å². The van der Waals surface area contributed by atoms with E-state index in [0.717, 1.165) is 5.56 Å². The number of ether oxygens (including phenoxy) is 1. The van der Waals surface area contributed by atoms with Crippen LogP contribution in [0.3, 0.4) is 0 Å². The van der Waals surface area contributed by atoms with Gasteiger partial charge >= 0.3 is 0 Å². The van der Waals surface area contributed by atoms with Crippen molar-refractivity contribution in [1.82, 2.24) is 0 Å². The number of hydrogen-bond donors (Lipinski definition) is 1. The number of nitrogens with zero attached hydrogens (tertiary/aromatic N) is 1. The van der Waals surface area contributed by atoms with E-state index in [1.807, 2.05) is 24.3 Å². The number of nitriles is 1. The van der Waals surface area contributed by atoms with Gasteiger partial charge in [-0.25, -0.2) is 4.39 Å². The van der Waals surface area contributed by atoms with Crippen LogP contribution >= 0.6 is 15.9 Å². The van der Waals surface area contributed by atoms with Crippen molar-refractivity contribution in [1.29, 1.82) is 5.26 Å². The summed E-state index contributed by atoms with van der Waals surface area (Å²) in [5.41, 5.74) is 1.29. The maximum absolute atomic E-state index is 13.7. The molecule has 2 aromatic carbocycles. The Morgan fingerprint density at radius 2 is 2.05 bits per heavy atom. The second-order valence-electron chi connectivity index (χ2n) is 4.03. The molecule has 0 unspecified atom stereocenters. The Morgan fingerprint density at radius 3 is 2.80 bits per heavy atom. The van der Waals surface area contributed by atoms with E-state index in [2.05, 4.69) is 21.2 Å². The molecule has 0 aliphatic carbocycles. The van der Waals surface area contributed by atoms with Crippen LogP contribution in [0, 0.1) is 17.1 Å². The zero-order chi connectivity index (χ0) is 14.4. The molecule has 0 radical (unpaired) electrons. The molecule has 0 aliphatic heterocycles. The topological polar surface area (TPSA) is 45.0 Å². The second kappa shape index (κ2) is 6.92. The number of benzene rings is 2. The fourth-order valence-corrected chi connectivity index (χ4v) is 2.06. The number of hydrogen-bond acceptors (Lipinski definition) is 3. The van der Waals surface area contributed by atoms with Gasteiger partial charge in [0.1, 0.15) is 17.6 Å². The third kappa shape index (κ3) is 3.72. The van der Waals surface area contributed by atoms with Crippen molar-refractivity contribution in [3.8, 4) is 11.8 Å². The Labute approximate surface area is 125 Å². The van der Waals surface area contributed by atoms with Crippen LogP contribution in [0.25, 0.3) is 0 Å². The lowest BCUT2D eigenvalue weighted by atomic mass is 10.2. The molecule has 0 heterocycles. The van der Waals surface area contributed by atoms with Crippen LogP contribution in [-0.4, -0.2) is 6.61 Å². The van der Waals surface area contributed by atoms with Crippen molar-refractivity contribution in [2.45, 2.75) is 6.54 Å². The minimum atomic E-state index is -0.324. The van der Waals surface area contributed by atoms with Crippen molar-refractivity contribution in [2.24, 2.45) is 0 Å². The molecular formula is C15H12BrFN2O. The fraction of sp³-hybridized carbons (Fsp3) is 0.133. The SMILES string of the molecule is N#CCOc1ccccc1CNc1ccc(Br)cc1F. The third-order valence-corrected chi connectivity index (χ3v) is 3.16. The van der Waals surface area contributed by atoms with E-state index in [-0.39, 0.29) is 12.4 Å². The molecule has 0 amide bonds. The summed E-state index contributed by atoms with van der Waals surface area (Å²) >= 11 is 3.21. The quantitative estimate of drug-likeness (QED) is 0.895. The summed E-state index contributed by atoms with van der Waals surface area (Å²) < 4.78 is 19.7. The van der Waals surface area contributed by atoms with Gasteiger partial charge in [-0.15, -0.1) is 0 Å². The summed E-state index contributed by atoms with van der Waals surface area (Å²) in [5, 5.41) is 11.6. The first-order valence-corrected chi connectivity index (χ1v) is 6.76. The number of halogens is 2. The van der Waals surface area contributed by atoms with Gasteiger partial charge in [0.05, 0.1) is 5.69 Å². The van der Waals surface area contributed by atoms with Gasteiger partial charge in [0.15, 0.2) is 6.61 Å². The van der Waals surface area contributed by atoms with Gasteiger partial charge in [0.2, 0.25) is 0 Å². The van der Waals surface area contributed by atoms with Gasteiger partial charge in [-0.05, 0) is 24.3 Å². The third-order valence-electron chi connectivity index (χ3n) is 2.67. The zero-order valence-corrected chi connectivity index (χ0v) is 12.2. The highest BCUT2D eigenvalue weighted by molar-refractivity contribution is 9.10. The predicted octanol–water partition coefficient (Wildman–Crippen LogP) is 4.10. The molecule has 0 aromatic heterocycles. The van der Waals surface area contributed by atoms with Gasteiger partial charge in [-0.3, -0.25) is 0 Å². The highest BCUT2D eigenvalue weighted by atomic mass is 79.9. The van der Waals surface area contributed by atoms with Gasteiger partial charge < -0.3 is 10.1 Å². The number of anilines is 1. The van der Waals surface area contributed by atoms with E-state index in [4.69, 9.17) is 10.00 Å². The monoisotopic (exact) mass is 334 g/mol. The van der Waals surface area contributed by atoms with E-state index in [1.54, 1.807) is 18.2 Å². The largest absolute Gasteiger partial charge is 0.478 e. The fourth-order valence-electron chi connectivity index (χ4n) is 1.72. The van der Waals surface area contributed by atoms with Crippen LogP contribution in [0.15, 0.2) is 46.9 Å². The van der Waals surface area contributed by atoms with Crippen LogP contribution < -0.4 is 10.1 Å². The van der Waals surface area contributed by atoms with Crippen molar-refractivity contribution in [2.75, 3.05) is 11.9 Å². The lowest BCUT2D eigenvalue weighted by molar-refractivity contribution is 0.364. The summed E-state index contributed by atoms with van der Waals surface area (Å²) in [6.07, 6.45) is 0. The Hall–Kier alpha value is -2.06. The van der Waals surface area contributed by atoms with E-state index < -0.39 is 0 Å². The molecule has 0 saturated heterocycles. The minimum Gasteiger partial charge on any atom is -0.478 e. The second-order valence-corrected chi connectivity index (χ2v) is 4.95. The predicted molar refractivity (Wildman–Crippen MR) is 79.0 cm³/mol. The summed E-state index contributed by atoms with van der Waals surface area (Å²) in [5.74, 6) is 0.300. The lowest BCUT2D eigenvalue weighted by Crippen LogP contribution is -2.04. The average molecular weight is 335 g/mol. The highest BCUT2D eigenvalue weighted by Gasteiger charge is 2.05. The van der Waals surface area contributed by atoms with Gasteiger partial charge in [-0.1, -0.05) is 34.1 Å². The summed E-state index contributed by atoms with van der Waals surface area (Å²) in [6.45, 7) is 0.407.